The van der Waals surface area contributed by atoms with Crippen LogP contribution in [0.2, 0.25) is 0 Å². The second-order valence-corrected chi connectivity index (χ2v) is 22.1. The molecule has 25 nitrogen and oxygen atoms in total. The van der Waals surface area contributed by atoms with Gasteiger partial charge in [-0.1, -0.05) is 30.3 Å². The van der Waals surface area contributed by atoms with Crippen LogP contribution in [0.4, 0.5) is 9.59 Å². The number of carbonyl (C=O) groups excluding carboxylic acids is 9. The SMILES string of the molecule is C[C@H](NC(=O)[C@H](Cc1cn(C(=O)OC(C)(C)C)cn1)NC(=O)OC(C)(C)C)C(=O)N[C@@H](CCC(=O)OC(C)(C)C)C(=O)NCC(=O)N[C@H](C(=O)N[C@@H](Cc1ccccc1)C(=O)N[C@H](C(=O)O)[C@@H](C)O)[C@@H](C)OC(C)(C)C. The number of rotatable bonds is 24. The smallest absolute Gasteiger partial charge is 0.419 e. The average Bonchev–Trinajstić information content (AvgIpc) is 3.73. The highest BCUT2D eigenvalue weighted by atomic mass is 16.6. The molecule has 25 heteroatoms. The highest BCUT2D eigenvalue weighted by molar-refractivity contribution is 5.96. The maximum Gasteiger partial charge on any atom is 0.419 e. The summed E-state index contributed by atoms with van der Waals surface area (Å²) >= 11 is 0. The van der Waals surface area contributed by atoms with E-state index < -0.39 is 143 Å². The number of hydrogen-bond acceptors (Lipinski definition) is 16. The van der Waals surface area contributed by atoms with Crippen molar-refractivity contribution in [1.29, 1.82) is 0 Å². The van der Waals surface area contributed by atoms with Crippen LogP contribution in [0.5, 0.6) is 0 Å². The Hall–Kier alpha value is -7.15. The molecule has 0 radical (unpaired) electrons. The van der Waals surface area contributed by atoms with E-state index in [1.165, 1.54) is 33.3 Å². The summed E-state index contributed by atoms with van der Waals surface area (Å²) in [6.07, 6.45) is -3.05. The van der Waals surface area contributed by atoms with Crippen LogP contribution < -0.4 is 37.2 Å². The summed E-state index contributed by atoms with van der Waals surface area (Å²) in [6, 6.07) is -0.633. The Morgan fingerprint density at radius 1 is 0.605 bits per heavy atom. The number of carboxylic acids is 1. The highest BCUT2D eigenvalue weighted by Crippen LogP contribution is 2.16. The van der Waals surface area contributed by atoms with Crippen molar-refractivity contribution in [2.45, 2.75) is 200 Å². The molecular formula is C51H79N9O16. The Balaban J connectivity index is 2.38. The second kappa shape index (κ2) is 28.1. The van der Waals surface area contributed by atoms with Gasteiger partial charge in [-0.3, -0.25) is 33.6 Å². The van der Waals surface area contributed by atoms with Crippen molar-refractivity contribution in [1.82, 2.24) is 46.8 Å². The van der Waals surface area contributed by atoms with Gasteiger partial charge in [0, 0.05) is 25.5 Å². The molecule has 2 aromatic rings. The number of esters is 1. The van der Waals surface area contributed by atoms with Crippen LogP contribution >= 0.6 is 0 Å². The van der Waals surface area contributed by atoms with Gasteiger partial charge in [-0.15, -0.1) is 0 Å². The lowest BCUT2D eigenvalue weighted by molar-refractivity contribution is -0.155. The number of hydrogen-bond donors (Lipinski definition) is 9. The molecule has 0 bridgehead atoms. The fourth-order valence-electron chi connectivity index (χ4n) is 6.85. The summed E-state index contributed by atoms with van der Waals surface area (Å²) < 4.78 is 23.2. The van der Waals surface area contributed by atoms with Crippen LogP contribution in [0.1, 0.15) is 128 Å². The van der Waals surface area contributed by atoms with Crippen molar-refractivity contribution in [3.63, 3.8) is 0 Å². The molecule has 1 aromatic carbocycles. The van der Waals surface area contributed by atoms with E-state index in [9.17, 15) is 58.2 Å². The lowest BCUT2D eigenvalue weighted by Crippen LogP contribution is -2.61. The van der Waals surface area contributed by atoms with Gasteiger partial charge in [0.15, 0.2) is 6.04 Å². The van der Waals surface area contributed by atoms with Gasteiger partial charge in [-0.25, -0.2) is 23.9 Å². The van der Waals surface area contributed by atoms with Crippen LogP contribution in [0, 0.1) is 0 Å². The number of nitrogens with zero attached hydrogens (tertiary/aromatic N) is 2. The van der Waals surface area contributed by atoms with E-state index >= 15 is 0 Å². The van der Waals surface area contributed by atoms with Crippen molar-refractivity contribution in [3.05, 3.63) is 54.1 Å². The van der Waals surface area contributed by atoms with Crippen LogP contribution in [0.25, 0.3) is 0 Å². The van der Waals surface area contributed by atoms with Crippen LogP contribution in [-0.4, -0.2) is 157 Å². The fourth-order valence-corrected chi connectivity index (χ4v) is 6.85. The van der Waals surface area contributed by atoms with Crippen LogP contribution in [0.15, 0.2) is 42.9 Å². The highest BCUT2D eigenvalue weighted by Gasteiger charge is 2.36. The van der Waals surface area contributed by atoms with Crippen molar-refractivity contribution in [3.8, 4) is 0 Å². The number of aromatic nitrogens is 2. The first-order valence-electron chi connectivity index (χ1n) is 24.7. The number of aliphatic carboxylic acids is 1. The van der Waals surface area contributed by atoms with Gasteiger partial charge < -0.3 is 66.4 Å². The summed E-state index contributed by atoms with van der Waals surface area (Å²) in [6.45, 7) is 22.9. The Bertz CT molecular complexity index is 2350. The average molecular weight is 1070 g/mol. The zero-order valence-electron chi connectivity index (χ0n) is 46.2. The maximum atomic E-state index is 14.1. The van der Waals surface area contributed by atoms with Crippen LogP contribution in [0.3, 0.4) is 0 Å². The predicted molar refractivity (Wildman–Crippen MR) is 274 cm³/mol. The number of aliphatic hydroxyl groups is 1. The molecule has 9 N–H and O–H groups in total. The molecule has 7 amide bonds. The van der Waals surface area contributed by atoms with E-state index in [1.807, 2.05) is 0 Å². The number of benzene rings is 1. The standard InChI is InChI=1S/C51H79N9O16/c1-28(54-42(66)35(57-46(71)75-50(10,11)12)24-32-26-60(27-53-32)47(72)76-51(13,14)15)40(64)55-33(21-22-37(63)74-49(7,8)9)41(65)52-25-36(62)58-39(30(3)73-48(4,5)6)44(68)56-34(23-31-19-17-16-18-20-31)43(67)59-38(29(2)61)45(69)70/h16-20,26-30,33-35,38-39,61H,21-25H2,1-15H3,(H,52,65)(H,54,66)(H,55,64)(H,56,68)(H,57,71)(H,58,62)(H,59,67)(H,69,70)/t28-,29+,30+,33-,34-,35-,38-,39-/m0/s1. The third-order valence-corrected chi connectivity index (χ3v) is 10.1. The minimum atomic E-state index is -1.73. The van der Waals surface area contributed by atoms with Gasteiger partial charge >= 0.3 is 24.1 Å². The lowest BCUT2D eigenvalue weighted by atomic mass is 10.0. The topological polar surface area (TPSA) is 350 Å². The Kier molecular flexibility index (Phi) is 24.0. The number of imidazole rings is 1. The number of carbonyl (C=O) groups is 10. The molecule has 8 atom stereocenters. The van der Waals surface area contributed by atoms with Gasteiger partial charge in [0.25, 0.3) is 0 Å². The minimum absolute atomic E-state index is 0.137. The van der Waals surface area contributed by atoms with Gasteiger partial charge in [0.2, 0.25) is 35.4 Å². The number of aliphatic hydroxyl groups excluding tert-OH is 1. The molecule has 0 aliphatic carbocycles. The van der Waals surface area contributed by atoms with Crippen molar-refractivity contribution < 1.29 is 77.1 Å². The molecule has 1 aromatic heterocycles. The molecule has 0 aliphatic heterocycles. The van der Waals surface area contributed by atoms with Crippen LogP contribution in [-0.2, 0) is 70.1 Å². The molecule has 0 aliphatic rings. The van der Waals surface area contributed by atoms with Gasteiger partial charge in [-0.2, -0.15) is 0 Å². The number of ether oxygens (including phenoxy) is 4. The Labute approximate surface area is 443 Å². The van der Waals surface area contributed by atoms with E-state index in [4.69, 9.17) is 18.9 Å². The largest absolute Gasteiger partial charge is 0.480 e. The normalized spacial score (nSPS) is 15.1. The number of amides is 7. The molecule has 0 fully saturated rings. The molecule has 0 saturated heterocycles. The first kappa shape index (κ1) is 65.0. The van der Waals surface area contributed by atoms with E-state index in [0.29, 0.717) is 5.56 Å². The van der Waals surface area contributed by atoms with Gasteiger partial charge in [0.05, 0.1) is 30.0 Å². The second-order valence-electron chi connectivity index (χ2n) is 22.1. The Morgan fingerprint density at radius 2 is 1.16 bits per heavy atom. The summed E-state index contributed by atoms with van der Waals surface area (Å²) in [5.41, 5.74) is -2.84. The van der Waals surface area contributed by atoms with Crippen molar-refractivity contribution in [2.75, 3.05) is 6.54 Å². The maximum absolute atomic E-state index is 14.1. The zero-order valence-corrected chi connectivity index (χ0v) is 46.2. The Morgan fingerprint density at radius 3 is 1.70 bits per heavy atom. The molecular weight excluding hydrogens is 995 g/mol. The molecule has 0 saturated carbocycles. The number of nitrogens with one attached hydrogen (secondary N) is 7. The number of alkyl carbamates (subject to hydrolysis) is 1. The summed E-state index contributed by atoms with van der Waals surface area (Å²) in [5, 5.41) is 36.8. The molecule has 0 spiro atoms. The quantitative estimate of drug-likeness (QED) is 0.0534. The molecule has 2 rings (SSSR count). The van der Waals surface area contributed by atoms with Crippen molar-refractivity contribution in [2.24, 2.45) is 0 Å². The molecule has 0 unspecified atom stereocenters. The first-order valence-corrected chi connectivity index (χ1v) is 24.7. The van der Waals surface area contributed by atoms with E-state index in [1.54, 1.807) is 113 Å². The van der Waals surface area contributed by atoms with Crippen molar-refractivity contribution >= 4 is 59.6 Å². The van der Waals surface area contributed by atoms with Gasteiger partial charge in [-0.05, 0) is 116 Å². The lowest BCUT2D eigenvalue weighted by Gasteiger charge is -2.32. The van der Waals surface area contributed by atoms with Gasteiger partial charge in [0.1, 0.15) is 53.3 Å². The summed E-state index contributed by atoms with van der Waals surface area (Å²) in [4.78, 5) is 137. The molecule has 76 heavy (non-hydrogen) atoms. The monoisotopic (exact) mass is 1070 g/mol. The zero-order chi connectivity index (χ0) is 58.1. The van der Waals surface area contributed by atoms with E-state index in [-0.39, 0.29) is 25.0 Å². The molecule has 1 heterocycles. The van der Waals surface area contributed by atoms with E-state index in [0.717, 1.165) is 4.57 Å². The summed E-state index contributed by atoms with van der Waals surface area (Å²) in [7, 11) is 0. The predicted octanol–water partition coefficient (Wildman–Crippen LogP) is 1.70. The van der Waals surface area contributed by atoms with E-state index in [2.05, 4.69) is 42.2 Å². The number of carboxylic acid groups (broad SMARTS) is 1. The molecule has 424 valence electrons. The first-order chi connectivity index (χ1) is 34.8. The third-order valence-electron chi connectivity index (χ3n) is 10.1. The minimum Gasteiger partial charge on any atom is -0.480 e. The summed E-state index contributed by atoms with van der Waals surface area (Å²) in [5.74, 6) is -7.90. The fraction of sp³-hybridized carbons (Fsp3) is 0.627. The third kappa shape index (κ3) is 24.9.